The van der Waals surface area contributed by atoms with Crippen molar-refractivity contribution in [2.75, 3.05) is 29.6 Å². The molecule has 1 unspecified atom stereocenters. The highest BCUT2D eigenvalue weighted by Crippen LogP contribution is 2.22. The number of nitrogen functional groups attached to an aromatic ring is 1. The van der Waals surface area contributed by atoms with Crippen molar-refractivity contribution in [2.45, 2.75) is 18.9 Å². The van der Waals surface area contributed by atoms with Gasteiger partial charge in [-0.2, -0.15) is 0 Å². The normalized spacial score (nSPS) is 16.6. The minimum atomic E-state index is -0.387. The van der Waals surface area contributed by atoms with Gasteiger partial charge in [0.1, 0.15) is 17.7 Å². The Morgan fingerprint density at radius 2 is 2.17 bits per heavy atom. The van der Waals surface area contributed by atoms with Crippen LogP contribution in [0, 0.1) is 0 Å². The van der Waals surface area contributed by atoms with Crippen LogP contribution in [0.5, 0.6) is 0 Å². The third kappa shape index (κ3) is 3.87. The number of amides is 1. The maximum atomic E-state index is 12.0. The number of ether oxygens (including phenoxy) is 1. The molecule has 2 aromatic rings. The maximum absolute atomic E-state index is 12.0. The Morgan fingerprint density at radius 1 is 1.29 bits per heavy atom. The lowest BCUT2D eigenvalue weighted by atomic mass is 10.2. The molecule has 3 rings (SSSR count). The van der Waals surface area contributed by atoms with E-state index in [2.05, 4.69) is 31.1 Å². The average Bonchev–Trinajstić information content (AvgIpc) is 3.14. The third-order valence-electron chi connectivity index (χ3n) is 3.60. The van der Waals surface area contributed by atoms with E-state index in [-0.39, 0.29) is 17.7 Å². The van der Waals surface area contributed by atoms with Gasteiger partial charge in [-0.1, -0.05) is 6.07 Å². The SMILES string of the molecule is Nc1c(NCC2CCCO2)ncnc1NNC(=O)c1ccccn1. The van der Waals surface area contributed by atoms with Crippen molar-refractivity contribution >= 4 is 23.2 Å². The second-order valence-corrected chi connectivity index (χ2v) is 5.29. The Labute approximate surface area is 139 Å². The van der Waals surface area contributed by atoms with Gasteiger partial charge >= 0.3 is 0 Å². The van der Waals surface area contributed by atoms with Gasteiger partial charge in [0.05, 0.1) is 6.10 Å². The van der Waals surface area contributed by atoms with Crippen molar-refractivity contribution in [3.8, 4) is 0 Å². The molecule has 1 atom stereocenters. The Bertz CT molecular complexity index is 689. The lowest BCUT2D eigenvalue weighted by molar-refractivity contribution is 0.0957. The predicted octanol–water partition coefficient (Wildman–Crippen LogP) is 0.802. The van der Waals surface area contributed by atoms with E-state index in [4.69, 9.17) is 10.5 Å². The lowest BCUT2D eigenvalue weighted by Crippen LogP contribution is -2.31. The van der Waals surface area contributed by atoms with Gasteiger partial charge in [0, 0.05) is 19.3 Å². The van der Waals surface area contributed by atoms with Gasteiger partial charge in [-0.3, -0.25) is 20.6 Å². The first kappa shape index (κ1) is 15.9. The summed E-state index contributed by atoms with van der Waals surface area (Å²) in [5.74, 6) is 0.418. The van der Waals surface area contributed by atoms with Crippen LogP contribution in [0.3, 0.4) is 0 Å². The molecule has 9 heteroatoms. The van der Waals surface area contributed by atoms with E-state index in [0.29, 0.717) is 23.9 Å². The van der Waals surface area contributed by atoms with Gasteiger partial charge in [0.2, 0.25) is 0 Å². The molecule has 24 heavy (non-hydrogen) atoms. The number of aromatic nitrogens is 3. The monoisotopic (exact) mass is 329 g/mol. The number of nitrogens with zero attached hydrogens (tertiary/aromatic N) is 3. The number of carbonyl (C=O) groups excluding carboxylic acids is 1. The van der Waals surface area contributed by atoms with Gasteiger partial charge in [0.25, 0.3) is 5.91 Å². The number of nitrogens with two attached hydrogens (primary N) is 1. The van der Waals surface area contributed by atoms with E-state index >= 15 is 0 Å². The first-order valence-corrected chi connectivity index (χ1v) is 7.67. The number of hydrogen-bond donors (Lipinski definition) is 4. The van der Waals surface area contributed by atoms with E-state index < -0.39 is 0 Å². The van der Waals surface area contributed by atoms with Crippen molar-refractivity contribution in [1.29, 1.82) is 0 Å². The first-order chi connectivity index (χ1) is 11.7. The van der Waals surface area contributed by atoms with Crippen molar-refractivity contribution < 1.29 is 9.53 Å². The number of rotatable bonds is 6. The Balaban J connectivity index is 1.59. The zero-order valence-corrected chi connectivity index (χ0v) is 13.0. The fourth-order valence-corrected chi connectivity index (χ4v) is 2.33. The summed E-state index contributed by atoms with van der Waals surface area (Å²) in [7, 11) is 0. The average molecular weight is 329 g/mol. The van der Waals surface area contributed by atoms with Crippen LogP contribution in [0.4, 0.5) is 17.3 Å². The van der Waals surface area contributed by atoms with Crippen LogP contribution < -0.4 is 21.9 Å². The van der Waals surface area contributed by atoms with Gasteiger partial charge in [0.15, 0.2) is 11.6 Å². The molecule has 1 saturated heterocycles. The number of hydrazine groups is 1. The fourth-order valence-electron chi connectivity index (χ4n) is 2.33. The summed E-state index contributed by atoms with van der Waals surface area (Å²) in [6.07, 6.45) is 5.16. The molecule has 126 valence electrons. The zero-order chi connectivity index (χ0) is 16.8. The van der Waals surface area contributed by atoms with Gasteiger partial charge in [-0.25, -0.2) is 9.97 Å². The summed E-state index contributed by atoms with van der Waals surface area (Å²) >= 11 is 0. The van der Waals surface area contributed by atoms with Crippen molar-refractivity contribution in [3.63, 3.8) is 0 Å². The standard InChI is InChI=1S/C15H19N7O2/c16-12-13(18-8-10-4-3-7-24-10)19-9-20-14(12)21-22-15(23)11-5-1-2-6-17-11/h1-2,5-6,9-10H,3-4,7-8,16H2,(H,22,23)(H2,18,19,20,21). The fraction of sp³-hybridized carbons (Fsp3) is 0.333. The quantitative estimate of drug-likeness (QED) is 0.573. The molecule has 0 radical (unpaired) electrons. The molecule has 1 fully saturated rings. The molecule has 3 heterocycles. The number of hydrogen-bond acceptors (Lipinski definition) is 8. The Morgan fingerprint density at radius 3 is 2.92 bits per heavy atom. The minimum absolute atomic E-state index is 0.166. The second-order valence-electron chi connectivity index (χ2n) is 5.29. The molecule has 0 aliphatic carbocycles. The molecule has 2 aromatic heterocycles. The molecule has 9 nitrogen and oxygen atoms in total. The molecule has 0 spiro atoms. The van der Waals surface area contributed by atoms with Crippen molar-refractivity contribution in [1.82, 2.24) is 20.4 Å². The van der Waals surface area contributed by atoms with E-state index in [1.165, 1.54) is 6.33 Å². The van der Waals surface area contributed by atoms with E-state index in [1.54, 1.807) is 24.4 Å². The highest BCUT2D eigenvalue weighted by Gasteiger charge is 2.16. The van der Waals surface area contributed by atoms with Gasteiger partial charge < -0.3 is 15.8 Å². The molecule has 1 aliphatic heterocycles. The summed E-state index contributed by atoms with van der Waals surface area (Å²) in [6, 6.07) is 5.07. The Hall–Kier alpha value is -2.94. The summed E-state index contributed by atoms with van der Waals surface area (Å²) in [5, 5.41) is 3.15. The van der Waals surface area contributed by atoms with Gasteiger partial charge in [-0.15, -0.1) is 0 Å². The van der Waals surface area contributed by atoms with Crippen LogP contribution in [0.25, 0.3) is 0 Å². The molecule has 0 bridgehead atoms. The van der Waals surface area contributed by atoms with E-state index in [0.717, 1.165) is 19.4 Å². The van der Waals surface area contributed by atoms with Crippen LogP contribution in [0.1, 0.15) is 23.3 Å². The lowest BCUT2D eigenvalue weighted by Gasteiger charge is -2.15. The van der Waals surface area contributed by atoms with Crippen LogP contribution in [-0.4, -0.2) is 40.1 Å². The second kappa shape index (κ2) is 7.55. The van der Waals surface area contributed by atoms with Gasteiger partial charge in [-0.05, 0) is 25.0 Å². The molecule has 1 amide bonds. The van der Waals surface area contributed by atoms with E-state index in [9.17, 15) is 4.79 Å². The molecule has 0 aromatic carbocycles. The number of carbonyl (C=O) groups is 1. The zero-order valence-electron chi connectivity index (χ0n) is 13.0. The minimum Gasteiger partial charge on any atom is -0.393 e. The first-order valence-electron chi connectivity index (χ1n) is 7.67. The van der Waals surface area contributed by atoms with Crippen LogP contribution >= 0.6 is 0 Å². The molecule has 0 saturated carbocycles. The number of nitrogens with one attached hydrogen (secondary N) is 3. The van der Waals surface area contributed by atoms with Crippen LogP contribution in [0.2, 0.25) is 0 Å². The molecule has 5 N–H and O–H groups in total. The highest BCUT2D eigenvalue weighted by atomic mass is 16.5. The highest BCUT2D eigenvalue weighted by molar-refractivity contribution is 5.93. The van der Waals surface area contributed by atoms with Crippen LogP contribution in [-0.2, 0) is 4.74 Å². The summed E-state index contributed by atoms with van der Waals surface area (Å²) in [5.41, 5.74) is 11.8. The largest absolute Gasteiger partial charge is 0.393 e. The van der Waals surface area contributed by atoms with Crippen LogP contribution in [0.15, 0.2) is 30.7 Å². The predicted molar refractivity (Wildman–Crippen MR) is 89.2 cm³/mol. The number of anilines is 3. The number of pyridine rings is 1. The smallest absolute Gasteiger partial charge is 0.288 e. The van der Waals surface area contributed by atoms with Crippen molar-refractivity contribution in [2.24, 2.45) is 0 Å². The summed E-state index contributed by atoms with van der Waals surface area (Å²) in [6.45, 7) is 1.42. The third-order valence-corrected chi connectivity index (χ3v) is 3.60. The summed E-state index contributed by atoms with van der Waals surface area (Å²) < 4.78 is 5.55. The maximum Gasteiger partial charge on any atom is 0.288 e. The molecular formula is C15H19N7O2. The molecule has 1 aliphatic rings. The van der Waals surface area contributed by atoms with Crippen molar-refractivity contribution in [3.05, 3.63) is 36.4 Å². The molecular weight excluding hydrogens is 310 g/mol. The topological polar surface area (TPSA) is 127 Å². The van der Waals surface area contributed by atoms with E-state index in [1.807, 2.05) is 0 Å². The Kier molecular flexibility index (Phi) is 5.02. The summed E-state index contributed by atoms with van der Waals surface area (Å²) in [4.78, 5) is 24.1.